The molecule has 0 spiro atoms. The van der Waals surface area contributed by atoms with Crippen molar-refractivity contribution in [3.05, 3.63) is 112 Å². The maximum Gasteiger partial charge on any atom is 0.260 e. The SMILES string of the molecule is Cc1ccc2[nH]c(=O)c(C(=O)/C=C/c3ccccc3F)c(-c3ccccc3)c2c1. The fourth-order valence-corrected chi connectivity index (χ4v) is 3.41. The quantitative estimate of drug-likeness (QED) is 0.372. The fourth-order valence-electron chi connectivity index (χ4n) is 3.41. The van der Waals surface area contributed by atoms with Crippen LogP contribution in [0.2, 0.25) is 0 Å². The van der Waals surface area contributed by atoms with Gasteiger partial charge in [-0.15, -0.1) is 0 Å². The van der Waals surface area contributed by atoms with E-state index in [0.717, 1.165) is 16.5 Å². The molecule has 3 nitrogen and oxygen atoms in total. The van der Waals surface area contributed by atoms with Crippen molar-refractivity contribution in [2.24, 2.45) is 0 Å². The smallest absolute Gasteiger partial charge is 0.260 e. The van der Waals surface area contributed by atoms with Crippen molar-refractivity contribution in [1.82, 2.24) is 4.98 Å². The molecule has 0 atom stereocenters. The number of aromatic amines is 1. The van der Waals surface area contributed by atoms with Gasteiger partial charge in [0.25, 0.3) is 5.56 Å². The summed E-state index contributed by atoms with van der Waals surface area (Å²) in [6.07, 6.45) is 2.64. The third-order valence-corrected chi connectivity index (χ3v) is 4.80. The van der Waals surface area contributed by atoms with E-state index in [2.05, 4.69) is 4.98 Å². The molecule has 0 saturated carbocycles. The van der Waals surface area contributed by atoms with Gasteiger partial charge in [0, 0.05) is 22.0 Å². The molecule has 29 heavy (non-hydrogen) atoms. The molecule has 4 heteroatoms. The van der Waals surface area contributed by atoms with Gasteiger partial charge in [-0.05, 0) is 42.8 Å². The van der Waals surface area contributed by atoms with Gasteiger partial charge in [-0.1, -0.05) is 60.2 Å². The number of carbonyl (C=O) groups is 1. The highest BCUT2D eigenvalue weighted by Gasteiger charge is 2.19. The van der Waals surface area contributed by atoms with Crippen LogP contribution in [-0.2, 0) is 0 Å². The Morgan fingerprint density at radius 3 is 2.45 bits per heavy atom. The normalized spacial score (nSPS) is 11.2. The van der Waals surface area contributed by atoms with Crippen LogP contribution in [0.5, 0.6) is 0 Å². The first-order chi connectivity index (χ1) is 14.0. The summed E-state index contributed by atoms with van der Waals surface area (Å²) in [7, 11) is 0. The lowest BCUT2D eigenvalue weighted by atomic mass is 9.93. The van der Waals surface area contributed by atoms with Gasteiger partial charge >= 0.3 is 0 Å². The molecule has 0 amide bonds. The second kappa shape index (κ2) is 7.68. The van der Waals surface area contributed by atoms with E-state index in [-0.39, 0.29) is 11.1 Å². The molecule has 0 unspecified atom stereocenters. The second-order valence-electron chi connectivity index (χ2n) is 6.84. The lowest BCUT2D eigenvalue weighted by molar-refractivity contribution is 0.104. The average Bonchev–Trinajstić information content (AvgIpc) is 2.73. The Kier molecular flexibility index (Phi) is 4.92. The molecule has 0 aliphatic rings. The molecule has 0 aliphatic heterocycles. The molecule has 0 radical (unpaired) electrons. The Hall–Kier alpha value is -3.79. The van der Waals surface area contributed by atoms with Gasteiger partial charge < -0.3 is 4.98 Å². The number of nitrogens with one attached hydrogen (secondary N) is 1. The van der Waals surface area contributed by atoms with Crippen molar-refractivity contribution < 1.29 is 9.18 Å². The van der Waals surface area contributed by atoms with Crippen LogP contribution < -0.4 is 5.56 Å². The van der Waals surface area contributed by atoms with Gasteiger partial charge in [0.1, 0.15) is 5.82 Å². The van der Waals surface area contributed by atoms with Crippen molar-refractivity contribution in [3.8, 4) is 11.1 Å². The first-order valence-corrected chi connectivity index (χ1v) is 9.23. The third kappa shape index (κ3) is 3.65. The van der Waals surface area contributed by atoms with E-state index in [1.54, 1.807) is 18.2 Å². The summed E-state index contributed by atoms with van der Waals surface area (Å²) in [5, 5.41) is 0.790. The Morgan fingerprint density at radius 1 is 0.966 bits per heavy atom. The summed E-state index contributed by atoms with van der Waals surface area (Å²) >= 11 is 0. The summed E-state index contributed by atoms with van der Waals surface area (Å²) < 4.78 is 13.9. The van der Waals surface area contributed by atoms with Gasteiger partial charge in [-0.25, -0.2) is 4.39 Å². The molecule has 4 rings (SSSR count). The van der Waals surface area contributed by atoms with Gasteiger partial charge in [0.2, 0.25) is 0 Å². The molecule has 4 aromatic rings. The van der Waals surface area contributed by atoms with Gasteiger partial charge in [-0.2, -0.15) is 0 Å². The standard InChI is InChI=1S/C25H18FNO2/c1-16-11-13-21-19(15-16)23(18-8-3-2-4-9-18)24(25(29)27-21)22(28)14-12-17-7-5-6-10-20(17)26/h2-15H,1H3,(H,27,29)/b14-12+. The minimum Gasteiger partial charge on any atom is -0.321 e. The molecule has 1 heterocycles. The highest BCUT2D eigenvalue weighted by atomic mass is 19.1. The van der Waals surface area contributed by atoms with Crippen molar-refractivity contribution in [3.63, 3.8) is 0 Å². The van der Waals surface area contributed by atoms with Crippen LogP contribution in [0.15, 0.2) is 83.7 Å². The molecule has 142 valence electrons. The van der Waals surface area contributed by atoms with Crippen molar-refractivity contribution >= 4 is 22.8 Å². The lowest BCUT2D eigenvalue weighted by Gasteiger charge is -2.12. The molecule has 3 aromatic carbocycles. The Morgan fingerprint density at radius 2 is 1.69 bits per heavy atom. The van der Waals surface area contributed by atoms with E-state index < -0.39 is 17.2 Å². The molecule has 1 aromatic heterocycles. The van der Waals surface area contributed by atoms with E-state index >= 15 is 0 Å². The number of fused-ring (bicyclic) bond motifs is 1. The van der Waals surface area contributed by atoms with Gasteiger partial charge in [0.05, 0.1) is 5.56 Å². The average molecular weight is 383 g/mol. The van der Waals surface area contributed by atoms with Crippen molar-refractivity contribution in [2.45, 2.75) is 6.92 Å². The second-order valence-corrected chi connectivity index (χ2v) is 6.84. The Balaban J connectivity index is 1.94. The topological polar surface area (TPSA) is 49.9 Å². The predicted molar refractivity (Wildman–Crippen MR) is 115 cm³/mol. The summed E-state index contributed by atoms with van der Waals surface area (Å²) in [5.41, 5.74) is 2.89. The number of aromatic nitrogens is 1. The van der Waals surface area contributed by atoms with E-state index in [9.17, 15) is 14.0 Å². The highest BCUT2D eigenvalue weighted by molar-refractivity contribution is 6.15. The van der Waals surface area contributed by atoms with E-state index in [1.807, 2.05) is 55.5 Å². The van der Waals surface area contributed by atoms with Crippen LogP contribution in [0, 0.1) is 12.7 Å². The fraction of sp³-hybridized carbons (Fsp3) is 0.0400. The van der Waals surface area contributed by atoms with Crippen LogP contribution in [-0.4, -0.2) is 10.8 Å². The maximum atomic E-state index is 13.9. The molecule has 0 bridgehead atoms. The van der Waals surface area contributed by atoms with Crippen LogP contribution in [0.4, 0.5) is 4.39 Å². The monoisotopic (exact) mass is 383 g/mol. The van der Waals surface area contributed by atoms with Crippen LogP contribution in [0.1, 0.15) is 21.5 Å². The minimum atomic E-state index is -0.475. The van der Waals surface area contributed by atoms with Crippen molar-refractivity contribution in [1.29, 1.82) is 0 Å². The number of halogens is 1. The number of hydrogen-bond acceptors (Lipinski definition) is 2. The predicted octanol–water partition coefficient (Wildman–Crippen LogP) is 5.54. The molecule has 0 fully saturated rings. The zero-order valence-electron chi connectivity index (χ0n) is 15.8. The van der Waals surface area contributed by atoms with Crippen LogP contribution in [0.25, 0.3) is 28.1 Å². The molecule has 0 aliphatic carbocycles. The molecule has 0 saturated heterocycles. The number of ketones is 1. The number of pyridine rings is 1. The van der Waals surface area contributed by atoms with Crippen molar-refractivity contribution in [2.75, 3.05) is 0 Å². The number of H-pyrrole nitrogens is 1. The number of aryl methyl sites for hydroxylation is 1. The number of hydrogen-bond donors (Lipinski definition) is 1. The number of benzene rings is 3. The van der Waals surface area contributed by atoms with E-state index in [0.29, 0.717) is 11.1 Å². The summed E-state index contributed by atoms with van der Waals surface area (Å²) in [4.78, 5) is 28.7. The van der Waals surface area contributed by atoms with Crippen LogP contribution >= 0.6 is 0 Å². The third-order valence-electron chi connectivity index (χ3n) is 4.80. The largest absolute Gasteiger partial charge is 0.321 e. The number of rotatable bonds is 4. The number of allylic oxidation sites excluding steroid dienone is 1. The zero-order valence-corrected chi connectivity index (χ0v) is 15.8. The zero-order chi connectivity index (χ0) is 20.4. The molecular formula is C25H18FNO2. The molecular weight excluding hydrogens is 365 g/mol. The maximum absolute atomic E-state index is 13.9. The van der Waals surface area contributed by atoms with Gasteiger partial charge in [0.15, 0.2) is 5.78 Å². The van der Waals surface area contributed by atoms with Crippen LogP contribution in [0.3, 0.4) is 0 Å². The first kappa shape index (κ1) is 18.6. The minimum absolute atomic E-state index is 0.0434. The lowest BCUT2D eigenvalue weighted by Crippen LogP contribution is -2.18. The summed E-state index contributed by atoms with van der Waals surface area (Å²) in [6.45, 7) is 1.96. The Labute approximate surface area is 167 Å². The van der Waals surface area contributed by atoms with E-state index in [1.165, 1.54) is 18.2 Å². The summed E-state index contributed by atoms with van der Waals surface area (Å²) in [6, 6.07) is 21.2. The van der Waals surface area contributed by atoms with E-state index in [4.69, 9.17) is 0 Å². The Bertz CT molecular complexity index is 1300. The molecule has 1 N–H and O–H groups in total. The highest BCUT2D eigenvalue weighted by Crippen LogP contribution is 2.30. The summed E-state index contributed by atoms with van der Waals surface area (Å²) in [5.74, 6) is -0.903. The van der Waals surface area contributed by atoms with Gasteiger partial charge in [-0.3, -0.25) is 9.59 Å². The number of carbonyl (C=O) groups excluding carboxylic acids is 1. The first-order valence-electron chi connectivity index (χ1n) is 9.23.